The van der Waals surface area contributed by atoms with Gasteiger partial charge in [-0.2, -0.15) is 0 Å². The Labute approximate surface area is 162 Å². The van der Waals surface area contributed by atoms with E-state index in [4.69, 9.17) is 4.74 Å². The van der Waals surface area contributed by atoms with Crippen LogP contribution < -0.4 is 10.1 Å². The molecule has 144 valence electrons. The van der Waals surface area contributed by atoms with Crippen molar-refractivity contribution in [2.75, 3.05) is 13.7 Å². The number of nitrogens with zero attached hydrogens (tertiary/aromatic N) is 1. The van der Waals surface area contributed by atoms with E-state index in [2.05, 4.69) is 35.3 Å². The van der Waals surface area contributed by atoms with Crippen LogP contribution in [0.3, 0.4) is 0 Å². The van der Waals surface area contributed by atoms with Gasteiger partial charge in [-0.25, -0.2) is 0 Å². The zero-order chi connectivity index (χ0) is 19.1. The lowest BCUT2D eigenvalue weighted by Gasteiger charge is -2.33. The standard InChI is InChI=1S/C23H30N2O2/c1-18-8-5-6-13-25(18)17-21-11-4-3-10-20(21)16-24-23(26)15-19-9-7-12-22(14-19)27-2/h3-4,7,9-12,14,18H,5-6,8,13,15-17H2,1-2H3,(H,24,26)/t18-/m0/s1. The topological polar surface area (TPSA) is 41.6 Å². The largest absolute Gasteiger partial charge is 0.497 e. The molecule has 1 saturated heterocycles. The zero-order valence-electron chi connectivity index (χ0n) is 16.4. The number of amides is 1. The molecule has 1 fully saturated rings. The van der Waals surface area contributed by atoms with Crippen LogP contribution >= 0.6 is 0 Å². The monoisotopic (exact) mass is 366 g/mol. The molecule has 0 saturated carbocycles. The Balaban J connectivity index is 1.58. The van der Waals surface area contributed by atoms with Gasteiger partial charge in [-0.15, -0.1) is 0 Å². The highest BCUT2D eigenvalue weighted by Gasteiger charge is 2.19. The van der Waals surface area contributed by atoms with Gasteiger partial charge in [0.25, 0.3) is 0 Å². The number of rotatable bonds is 7. The van der Waals surface area contributed by atoms with Crippen molar-refractivity contribution in [1.82, 2.24) is 10.2 Å². The molecule has 4 heteroatoms. The lowest BCUT2D eigenvalue weighted by Crippen LogP contribution is -2.37. The van der Waals surface area contributed by atoms with E-state index < -0.39 is 0 Å². The van der Waals surface area contributed by atoms with Crippen molar-refractivity contribution >= 4 is 5.91 Å². The van der Waals surface area contributed by atoms with Crippen LogP contribution in [-0.4, -0.2) is 30.5 Å². The van der Waals surface area contributed by atoms with Crippen molar-refractivity contribution in [3.05, 3.63) is 65.2 Å². The van der Waals surface area contributed by atoms with Crippen LogP contribution in [0.2, 0.25) is 0 Å². The molecule has 27 heavy (non-hydrogen) atoms. The van der Waals surface area contributed by atoms with Crippen molar-refractivity contribution in [2.45, 2.75) is 51.7 Å². The Bertz CT molecular complexity index is 760. The summed E-state index contributed by atoms with van der Waals surface area (Å²) in [6, 6.07) is 16.7. The number of likely N-dealkylation sites (tertiary alicyclic amines) is 1. The minimum Gasteiger partial charge on any atom is -0.497 e. The third-order valence-electron chi connectivity index (χ3n) is 5.41. The number of methoxy groups -OCH3 is 1. The second-order valence-electron chi connectivity index (χ2n) is 7.39. The van der Waals surface area contributed by atoms with Crippen molar-refractivity contribution in [3.63, 3.8) is 0 Å². The molecule has 0 unspecified atom stereocenters. The van der Waals surface area contributed by atoms with Crippen molar-refractivity contribution in [3.8, 4) is 5.75 Å². The smallest absolute Gasteiger partial charge is 0.224 e. The molecule has 4 nitrogen and oxygen atoms in total. The number of ether oxygens (including phenoxy) is 1. The molecule has 0 spiro atoms. The van der Waals surface area contributed by atoms with E-state index in [1.807, 2.05) is 30.3 Å². The first kappa shape index (κ1) is 19.4. The molecule has 2 aromatic carbocycles. The molecule has 0 radical (unpaired) electrons. The van der Waals surface area contributed by atoms with Gasteiger partial charge < -0.3 is 10.1 Å². The van der Waals surface area contributed by atoms with Gasteiger partial charge in [0.1, 0.15) is 5.75 Å². The highest BCUT2D eigenvalue weighted by Crippen LogP contribution is 2.21. The van der Waals surface area contributed by atoms with E-state index >= 15 is 0 Å². The molecule has 2 aromatic rings. The highest BCUT2D eigenvalue weighted by molar-refractivity contribution is 5.78. The fraction of sp³-hybridized carbons (Fsp3) is 0.435. The highest BCUT2D eigenvalue weighted by atomic mass is 16.5. The molecule has 3 rings (SSSR count). The van der Waals surface area contributed by atoms with Crippen LogP contribution in [0.4, 0.5) is 0 Å². The second-order valence-corrected chi connectivity index (χ2v) is 7.39. The lowest BCUT2D eigenvalue weighted by atomic mass is 10.0. The maximum atomic E-state index is 12.4. The number of carbonyl (C=O) groups excluding carboxylic acids is 1. The van der Waals surface area contributed by atoms with Gasteiger partial charge >= 0.3 is 0 Å². The fourth-order valence-electron chi connectivity index (χ4n) is 3.72. The Morgan fingerprint density at radius 3 is 2.74 bits per heavy atom. The van der Waals surface area contributed by atoms with Gasteiger partial charge in [0.2, 0.25) is 5.91 Å². The van der Waals surface area contributed by atoms with Gasteiger partial charge in [0.05, 0.1) is 13.5 Å². The molecule has 1 aliphatic heterocycles. The van der Waals surface area contributed by atoms with Crippen LogP contribution in [0.5, 0.6) is 5.75 Å². The average Bonchev–Trinajstić information content (AvgIpc) is 2.69. The molecule has 0 bridgehead atoms. The third kappa shape index (κ3) is 5.57. The van der Waals surface area contributed by atoms with Gasteiger partial charge in [-0.1, -0.05) is 42.8 Å². The molecule has 0 aliphatic carbocycles. The van der Waals surface area contributed by atoms with E-state index in [9.17, 15) is 4.79 Å². The molecule has 1 atom stereocenters. The number of carbonyl (C=O) groups is 1. The summed E-state index contributed by atoms with van der Waals surface area (Å²) in [6.45, 7) is 5.01. The maximum Gasteiger partial charge on any atom is 0.224 e. The molecular weight excluding hydrogens is 336 g/mol. The summed E-state index contributed by atoms with van der Waals surface area (Å²) in [4.78, 5) is 14.9. The lowest BCUT2D eigenvalue weighted by molar-refractivity contribution is -0.120. The predicted octanol–water partition coefficient (Wildman–Crippen LogP) is 3.93. The Hall–Kier alpha value is -2.33. The molecule has 1 N–H and O–H groups in total. The molecule has 0 aromatic heterocycles. The number of hydrogen-bond donors (Lipinski definition) is 1. The van der Waals surface area contributed by atoms with Crippen LogP contribution in [0.15, 0.2) is 48.5 Å². The quantitative estimate of drug-likeness (QED) is 0.807. The van der Waals surface area contributed by atoms with Crippen molar-refractivity contribution in [1.29, 1.82) is 0 Å². The number of nitrogens with one attached hydrogen (secondary N) is 1. The van der Waals surface area contributed by atoms with Gasteiger partial charge in [-0.3, -0.25) is 9.69 Å². The van der Waals surface area contributed by atoms with E-state index in [0.29, 0.717) is 19.0 Å². The van der Waals surface area contributed by atoms with E-state index in [1.165, 1.54) is 30.4 Å². The van der Waals surface area contributed by atoms with E-state index in [-0.39, 0.29) is 5.91 Å². The van der Waals surface area contributed by atoms with E-state index in [0.717, 1.165) is 24.4 Å². The average molecular weight is 367 g/mol. The molecule has 1 aliphatic rings. The maximum absolute atomic E-state index is 12.4. The molecule has 1 amide bonds. The van der Waals surface area contributed by atoms with Gasteiger partial charge in [0.15, 0.2) is 0 Å². The SMILES string of the molecule is COc1cccc(CC(=O)NCc2ccccc2CN2CCCC[C@@H]2C)c1. The van der Waals surface area contributed by atoms with Crippen molar-refractivity contribution in [2.24, 2.45) is 0 Å². The first-order valence-electron chi connectivity index (χ1n) is 9.86. The molecular formula is C23H30N2O2. The summed E-state index contributed by atoms with van der Waals surface area (Å²) in [5.41, 5.74) is 3.48. The number of benzene rings is 2. The summed E-state index contributed by atoms with van der Waals surface area (Å²) in [6.07, 6.45) is 4.26. The van der Waals surface area contributed by atoms with Crippen molar-refractivity contribution < 1.29 is 9.53 Å². The Morgan fingerprint density at radius 2 is 1.96 bits per heavy atom. The minimum absolute atomic E-state index is 0.0318. The van der Waals surface area contributed by atoms with Gasteiger partial charge in [0, 0.05) is 19.1 Å². The van der Waals surface area contributed by atoms with Crippen LogP contribution in [0, 0.1) is 0 Å². The first-order valence-corrected chi connectivity index (χ1v) is 9.86. The zero-order valence-corrected chi connectivity index (χ0v) is 16.4. The van der Waals surface area contributed by atoms with Crippen LogP contribution in [0.25, 0.3) is 0 Å². The summed E-state index contributed by atoms with van der Waals surface area (Å²) < 4.78 is 5.23. The summed E-state index contributed by atoms with van der Waals surface area (Å²) in [5, 5.41) is 3.08. The summed E-state index contributed by atoms with van der Waals surface area (Å²) in [7, 11) is 1.64. The first-order chi connectivity index (χ1) is 13.2. The molecule has 1 heterocycles. The number of hydrogen-bond acceptors (Lipinski definition) is 3. The van der Waals surface area contributed by atoms with Crippen LogP contribution in [-0.2, 0) is 24.3 Å². The van der Waals surface area contributed by atoms with E-state index in [1.54, 1.807) is 7.11 Å². The summed E-state index contributed by atoms with van der Waals surface area (Å²) in [5.74, 6) is 0.811. The normalized spacial score (nSPS) is 17.5. The van der Waals surface area contributed by atoms with Crippen LogP contribution in [0.1, 0.15) is 42.9 Å². The minimum atomic E-state index is 0.0318. The summed E-state index contributed by atoms with van der Waals surface area (Å²) >= 11 is 0. The number of piperidine rings is 1. The third-order valence-corrected chi connectivity index (χ3v) is 5.41. The Morgan fingerprint density at radius 1 is 1.15 bits per heavy atom. The second kappa shape index (κ2) is 9.56. The Kier molecular flexibility index (Phi) is 6.88. The van der Waals surface area contributed by atoms with Gasteiger partial charge in [-0.05, 0) is 55.1 Å². The predicted molar refractivity (Wildman–Crippen MR) is 109 cm³/mol. The fourth-order valence-corrected chi connectivity index (χ4v) is 3.72.